The highest BCUT2D eigenvalue weighted by atomic mass is 16.6. The van der Waals surface area contributed by atoms with Gasteiger partial charge in [-0.3, -0.25) is 14.9 Å². The summed E-state index contributed by atoms with van der Waals surface area (Å²) in [5.74, 6) is 0.149. The molecule has 0 saturated carbocycles. The maximum atomic E-state index is 11.6. The molecule has 2 aromatic carbocycles. The molecule has 7 nitrogen and oxygen atoms in total. The highest BCUT2D eigenvalue weighted by Gasteiger charge is 2.19. The zero-order chi connectivity index (χ0) is 20.8. The maximum absolute atomic E-state index is 11.6. The molecule has 28 heavy (non-hydrogen) atoms. The number of nitrogens with zero attached hydrogens (tertiary/aromatic N) is 2. The second-order valence-corrected chi connectivity index (χ2v) is 7.24. The number of rotatable bonds is 9. The van der Waals surface area contributed by atoms with Gasteiger partial charge >= 0.3 is 11.7 Å². The molecule has 0 bridgehead atoms. The van der Waals surface area contributed by atoms with E-state index in [9.17, 15) is 14.9 Å². The van der Waals surface area contributed by atoms with Gasteiger partial charge in [0.1, 0.15) is 5.75 Å². The largest absolute Gasteiger partial charge is 0.481 e. The van der Waals surface area contributed by atoms with Crippen molar-refractivity contribution in [3.8, 4) is 11.5 Å². The van der Waals surface area contributed by atoms with E-state index in [0.717, 1.165) is 16.7 Å². The van der Waals surface area contributed by atoms with E-state index in [0.29, 0.717) is 18.8 Å². The van der Waals surface area contributed by atoms with Crippen LogP contribution < -0.4 is 4.74 Å². The van der Waals surface area contributed by atoms with Gasteiger partial charge < -0.3 is 14.7 Å². The van der Waals surface area contributed by atoms with Crippen LogP contribution in [0.25, 0.3) is 0 Å². The van der Waals surface area contributed by atoms with Crippen molar-refractivity contribution in [2.24, 2.45) is 0 Å². The van der Waals surface area contributed by atoms with Crippen molar-refractivity contribution in [1.29, 1.82) is 0 Å². The Labute approximate surface area is 164 Å². The second kappa shape index (κ2) is 9.32. The van der Waals surface area contributed by atoms with Crippen LogP contribution in [0.1, 0.15) is 42.9 Å². The van der Waals surface area contributed by atoms with Crippen molar-refractivity contribution in [2.45, 2.75) is 39.7 Å². The summed E-state index contributed by atoms with van der Waals surface area (Å²) in [6.07, 6.45) is 0.0190. The molecule has 7 heteroatoms. The third-order valence-corrected chi connectivity index (χ3v) is 4.39. The number of hydrogen-bond donors (Lipinski definition) is 1. The number of ether oxygens (including phenoxy) is 1. The fourth-order valence-electron chi connectivity index (χ4n) is 2.89. The predicted octanol–water partition coefficient (Wildman–Crippen LogP) is 4.73. The summed E-state index contributed by atoms with van der Waals surface area (Å²) in [6, 6.07) is 10.7. The lowest BCUT2D eigenvalue weighted by Crippen LogP contribution is -2.21. The fourth-order valence-corrected chi connectivity index (χ4v) is 2.89. The number of nitro benzene ring substituents is 1. The Bertz CT molecular complexity index is 864. The number of carbonyl (C=O) groups is 1. The lowest BCUT2D eigenvalue weighted by atomic mass is 10.0. The first-order valence-electron chi connectivity index (χ1n) is 9.13. The smallest absolute Gasteiger partial charge is 0.311 e. The Balaban J connectivity index is 2.28. The topological polar surface area (TPSA) is 92.9 Å². The molecule has 0 radical (unpaired) electrons. The van der Waals surface area contributed by atoms with Gasteiger partial charge in [0.05, 0.1) is 11.3 Å². The SMILES string of the molecule is Cc1ccc(C(C)C)c(Oc2ccc(CN(C)CCC(=O)O)cc2[N+](=O)[O-])c1. The molecule has 0 aliphatic rings. The average Bonchev–Trinajstić information content (AvgIpc) is 2.61. The minimum absolute atomic E-state index is 0.0190. The van der Waals surface area contributed by atoms with Crippen LogP contribution in [-0.2, 0) is 11.3 Å². The summed E-state index contributed by atoms with van der Waals surface area (Å²) in [5, 5.41) is 20.4. The van der Waals surface area contributed by atoms with Crippen LogP contribution in [0.4, 0.5) is 5.69 Å². The first kappa shape index (κ1) is 21.4. The quantitative estimate of drug-likeness (QED) is 0.495. The summed E-state index contributed by atoms with van der Waals surface area (Å²) < 4.78 is 5.95. The predicted molar refractivity (Wildman–Crippen MR) is 107 cm³/mol. The van der Waals surface area contributed by atoms with Crippen LogP contribution in [-0.4, -0.2) is 34.5 Å². The molecule has 0 fully saturated rings. The van der Waals surface area contributed by atoms with Crippen LogP contribution in [0.15, 0.2) is 36.4 Å². The average molecular weight is 386 g/mol. The van der Waals surface area contributed by atoms with Gasteiger partial charge in [-0.25, -0.2) is 0 Å². The summed E-state index contributed by atoms with van der Waals surface area (Å²) in [6.45, 7) is 6.81. The molecule has 1 N–H and O–H groups in total. The standard InChI is InChI=1S/C21H26N2O5/c1-14(2)17-7-5-15(3)11-20(17)28-19-8-6-16(12-18(19)23(26)27)13-22(4)10-9-21(24)25/h5-8,11-12,14H,9-10,13H2,1-4H3,(H,24,25). The van der Waals surface area contributed by atoms with Crippen molar-refractivity contribution in [1.82, 2.24) is 4.90 Å². The molecule has 0 saturated heterocycles. The number of carboxylic acid groups (broad SMARTS) is 1. The van der Waals surface area contributed by atoms with E-state index in [1.807, 2.05) is 43.9 Å². The Morgan fingerprint density at radius 1 is 1.21 bits per heavy atom. The molecule has 0 aliphatic carbocycles. The summed E-state index contributed by atoms with van der Waals surface area (Å²) in [4.78, 5) is 23.6. The minimum atomic E-state index is -0.874. The van der Waals surface area contributed by atoms with E-state index in [1.54, 1.807) is 19.2 Å². The molecule has 0 heterocycles. The zero-order valence-corrected chi connectivity index (χ0v) is 16.6. The van der Waals surface area contributed by atoms with Crippen LogP contribution in [0.2, 0.25) is 0 Å². The highest BCUT2D eigenvalue weighted by molar-refractivity contribution is 5.66. The first-order valence-corrected chi connectivity index (χ1v) is 9.13. The van der Waals surface area contributed by atoms with Crippen molar-refractivity contribution in [3.05, 3.63) is 63.2 Å². The van der Waals surface area contributed by atoms with Gasteiger partial charge in [-0.05, 0) is 48.7 Å². The van der Waals surface area contributed by atoms with Gasteiger partial charge in [-0.1, -0.05) is 32.0 Å². The molecule has 0 spiro atoms. The summed E-state index contributed by atoms with van der Waals surface area (Å²) in [7, 11) is 1.78. The van der Waals surface area contributed by atoms with Crippen LogP contribution in [0.3, 0.4) is 0 Å². The van der Waals surface area contributed by atoms with E-state index in [-0.39, 0.29) is 23.8 Å². The number of aliphatic carboxylic acids is 1. The molecule has 2 rings (SSSR count). The number of hydrogen-bond acceptors (Lipinski definition) is 5. The molecular weight excluding hydrogens is 360 g/mol. The molecule has 2 aromatic rings. The van der Waals surface area contributed by atoms with E-state index in [1.165, 1.54) is 6.07 Å². The van der Waals surface area contributed by atoms with E-state index >= 15 is 0 Å². The molecule has 150 valence electrons. The van der Waals surface area contributed by atoms with Gasteiger partial charge in [0.25, 0.3) is 0 Å². The molecule has 0 aliphatic heterocycles. The number of aryl methyl sites for hydroxylation is 1. The van der Waals surface area contributed by atoms with Crippen LogP contribution >= 0.6 is 0 Å². The van der Waals surface area contributed by atoms with Gasteiger partial charge in [0, 0.05) is 19.2 Å². The second-order valence-electron chi connectivity index (χ2n) is 7.24. The van der Waals surface area contributed by atoms with Gasteiger partial charge in [-0.2, -0.15) is 0 Å². The minimum Gasteiger partial charge on any atom is -0.481 e. The van der Waals surface area contributed by atoms with Crippen LogP contribution in [0.5, 0.6) is 11.5 Å². The third-order valence-electron chi connectivity index (χ3n) is 4.39. The normalized spacial score (nSPS) is 11.1. The van der Waals surface area contributed by atoms with Gasteiger partial charge in [0.15, 0.2) is 0 Å². The molecule has 0 unspecified atom stereocenters. The lowest BCUT2D eigenvalue weighted by Gasteiger charge is -2.17. The lowest BCUT2D eigenvalue weighted by molar-refractivity contribution is -0.385. The number of benzene rings is 2. The first-order chi connectivity index (χ1) is 13.2. The van der Waals surface area contributed by atoms with Crippen LogP contribution in [0, 0.1) is 17.0 Å². The Morgan fingerprint density at radius 3 is 2.54 bits per heavy atom. The number of nitro groups is 1. The molecule has 0 aromatic heterocycles. The van der Waals surface area contributed by atoms with Gasteiger partial charge in [0.2, 0.25) is 5.75 Å². The molecular formula is C21H26N2O5. The van der Waals surface area contributed by atoms with Gasteiger partial charge in [-0.15, -0.1) is 0 Å². The Hall–Kier alpha value is -2.93. The monoisotopic (exact) mass is 386 g/mol. The molecule has 0 amide bonds. The van der Waals surface area contributed by atoms with Crippen molar-refractivity contribution < 1.29 is 19.6 Å². The number of carboxylic acids is 1. The Kier molecular flexibility index (Phi) is 7.12. The van der Waals surface area contributed by atoms with Crippen molar-refractivity contribution in [2.75, 3.05) is 13.6 Å². The summed E-state index contributed by atoms with van der Waals surface area (Å²) >= 11 is 0. The third kappa shape index (κ3) is 5.79. The fraction of sp³-hybridized carbons (Fsp3) is 0.381. The van der Waals surface area contributed by atoms with E-state index in [4.69, 9.17) is 9.84 Å². The summed E-state index contributed by atoms with van der Waals surface area (Å²) in [5.41, 5.74) is 2.61. The van der Waals surface area contributed by atoms with Crippen molar-refractivity contribution in [3.63, 3.8) is 0 Å². The highest BCUT2D eigenvalue weighted by Crippen LogP contribution is 2.36. The zero-order valence-electron chi connectivity index (χ0n) is 16.6. The van der Waals surface area contributed by atoms with E-state index < -0.39 is 10.9 Å². The van der Waals surface area contributed by atoms with Crippen molar-refractivity contribution >= 4 is 11.7 Å². The molecule has 0 atom stereocenters. The Morgan fingerprint density at radius 2 is 1.93 bits per heavy atom. The van der Waals surface area contributed by atoms with E-state index in [2.05, 4.69) is 0 Å². The maximum Gasteiger partial charge on any atom is 0.311 e.